The molecular formula is C44H35Cl3N4O2. The van der Waals surface area contributed by atoms with E-state index in [4.69, 9.17) is 55.0 Å². The monoisotopic (exact) mass is 756 g/mol. The van der Waals surface area contributed by atoms with Crippen molar-refractivity contribution in [1.29, 1.82) is 0 Å². The van der Waals surface area contributed by atoms with Crippen molar-refractivity contribution in [2.45, 2.75) is 0 Å². The number of aromatic nitrogens is 2. The van der Waals surface area contributed by atoms with Gasteiger partial charge in [-0.1, -0.05) is 132 Å². The van der Waals surface area contributed by atoms with Crippen molar-refractivity contribution < 1.29 is 9.47 Å². The van der Waals surface area contributed by atoms with Gasteiger partial charge < -0.3 is 20.5 Å². The molecule has 264 valence electrons. The van der Waals surface area contributed by atoms with E-state index in [1.165, 1.54) is 0 Å². The molecule has 2 heterocycles. The SMILES string of the molecule is COc1ccc(N)cc1Cl.COc1ccc(Nc2cc(-c3ccccc3)nc3ccccc23)cc1Cl.Clc1cc(-c2ccccc2)nc2ccccc12. The van der Waals surface area contributed by atoms with Crippen LogP contribution in [0, 0.1) is 0 Å². The van der Waals surface area contributed by atoms with Gasteiger partial charge in [-0.2, -0.15) is 0 Å². The number of benzene rings is 6. The van der Waals surface area contributed by atoms with Crippen LogP contribution in [0.25, 0.3) is 44.3 Å². The first-order valence-electron chi connectivity index (χ1n) is 16.6. The van der Waals surface area contributed by atoms with Crippen LogP contribution in [0.15, 0.2) is 158 Å². The molecule has 0 saturated heterocycles. The zero-order valence-corrected chi connectivity index (χ0v) is 31.2. The minimum absolute atomic E-state index is 0.544. The van der Waals surface area contributed by atoms with Crippen LogP contribution < -0.4 is 20.5 Å². The summed E-state index contributed by atoms with van der Waals surface area (Å²) in [4.78, 5) is 9.43. The summed E-state index contributed by atoms with van der Waals surface area (Å²) >= 11 is 18.3. The third kappa shape index (κ3) is 9.36. The van der Waals surface area contributed by atoms with E-state index in [-0.39, 0.29) is 0 Å². The van der Waals surface area contributed by atoms with E-state index in [2.05, 4.69) is 34.6 Å². The molecule has 6 nitrogen and oxygen atoms in total. The van der Waals surface area contributed by atoms with Crippen LogP contribution >= 0.6 is 34.8 Å². The Morgan fingerprint density at radius 3 is 1.55 bits per heavy atom. The van der Waals surface area contributed by atoms with E-state index < -0.39 is 0 Å². The molecule has 0 atom stereocenters. The number of pyridine rings is 2. The molecule has 6 aromatic carbocycles. The summed E-state index contributed by atoms with van der Waals surface area (Å²) in [5, 5.41) is 7.38. The van der Waals surface area contributed by atoms with Gasteiger partial charge in [-0.15, -0.1) is 0 Å². The van der Waals surface area contributed by atoms with Gasteiger partial charge in [0, 0.05) is 33.3 Å². The fraction of sp³-hybridized carbons (Fsp3) is 0.0455. The van der Waals surface area contributed by atoms with E-state index in [1.807, 2.05) is 115 Å². The second-order valence-electron chi connectivity index (χ2n) is 11.7. The van der Waals surface area contributed by atoms with Crippen molar-refractivity contribution in [1.82, 2.24) is 9.97 Å². The maximum absolute atomic E-state index is 6.27. The summed E-state index contributed by atoms with van der Waals surface area (Å²) in [6.45, 7) is 0. The van der Waals surface area contributed by atoms with E-state index in [0.717, 1.165) is 60.7 Å². The van der Waals surface area contributed by atoms with Gasteiger partial charge in [0.1, 0.15) is 11.5 Å². The van der Waals surface area contributed by atoms with E-state index in [9.17, 15) is 0 Å². The van der Waals surface area contributed by atoms with Crippen molar-refractivity contribution >= 4 is 73.7 Å². The Morgan fingerprint density at radius 2 is 0.981 bits per heavy atom. The first-order valence-corrected chi connectivity index (χ1v) is 17.7. The van der Waals surface area contributed by atoms with Gasteiger partial charge in [0.15, 0.2) is 0 Å². The van der Waals surface area contributed by atoms with E-state index in [0.29, 0.717) is 27.2 Å². The highest BCUT2D eigenvalue weighted by atomic mass is 35.5. The Balaban J connectivity index is 0.000000152. The molecule has 0 fully saturated rings. The zero-order valence-electron chi connectivity index (χ0n) is 28.9. The highest BCUT2D eigenvalue weighted by Gasteiger charge is 2.10. The average molecular weight is 758 g/mol. The maximum atomic E-state index is 6.27. The van der Waals surface area contributed by atoms with Gasteiger partial charge in [0.05, 0.1) is 57.4 Å². The third-order valence-corrected chi connectivity index (χ3v) is 9.03. The number of nitrogens with two attached hydrogens (primary N) is 1. The fourth-order valence-electron chi connectivity index (χ4n) is 5.51. The molecule has 53 heavy (non-hydrogen) atoms. The van der Waals surface area contributed by atoms with Crippen molar-refractivity contribution in [2.75, 3.05) is 25.3 Å². The lowest BCUT2D eigenvalue weighted by Gasteiger charge is -2.13. The Kier molecular flexibility index (Phi) is 12.3. The van der Waals surface area contributed by atoms with Crippen LogP contribution in [0.4, 0.5) is 17.1 Å². The second-order valence-corrected chi connectivity index (χ2v) is 12.9. The lowest BCUT2D eigenvalue weighted by Crippen LogP contribution is -1.95. The minimum atomic E-state index is 0.544. The summed E-state index contributed by atoms with van der Waals surface area (Å²) in [5.41, 5.74) is 13.8. The van der Waals surface area contributed by atoms with Crippen LogP contribution in [0.2, 0.25) is 15.1 Å². The molecule has 0 amide bonds. The number of nitrogen functional groups attached to an aromatic ring is 1. The van der Waals surface area contributed by atoms with Gasteiger partial charge in [0.2, 0.25) is 0 Å². The summed E-state index contributed by atoms with van der Waals surface area (Å²) in [7, 11) is 3.17. The highest BCUT2D eigenvalue weighted by Crippen LogP contribution is 2.34. The zero-order chi connectivity index (χ0) is 37.2. The quantitative estimate of drug-likeness (QED) is 0.164. The van der Waals surface area contributed by atoms with Crippen LogP contribution in [-0.2, 0) is 0 Å². The summed E-state index contributed by atoms with van der Waals surface area (Å²) in [5.74, 6) is 1.30. The van der Waals surface area contributed by atoms with Crippen LogP contribution in [0.1, 0.15) is 0 Å². The van der Waals surface area contributed by atoms with E-state index >= 15 is 0 Å². The number of rotatable bonds is 6. The molecule has 0 aliphatic rings. The molecule has 3 N–H and O–H groups in total. The van der Waals surface area contributed by atoms with Gasteiger partial charge in [-0.25, -0.2) is 9.97 Å². The number of ether oxygens (including phenoxy) is 2. The molecule has 8 aromatic rings. The average Bonchev–Trinajstić information content (AvgIpc) is 3.19. The maximum Gasteiger partial charge on any atom is 0.137 e. The summed E-state index contributed by atoms with van der Waals surface area (Å²) in [6.07, 6.45) is 0. The van der Waals surface area contributed by atoms with Crippen LogP contribution in [0.5, 0.6) is 11.5 Å². The van der Waals surface area contributed by atoms with Gasteiger partial charge >= 0.3 is 0 Å². The number of hydrogen-bond acceptors (Lipinski definition) is 6. The van der Waals surface area contributed by atoms with Crippen molar-refractivity contribution in [3.8, 4) is 34.0 Å². The number of nitrogens with one attached hydrogen (secondary N) is 1. The molecule has 0 aliphatic heterocycles. The number of methoxy groups -OCH3 is 2. The van der Waals surface area contributed by atoms with Crippen LogP contribution in [-0.4, -0.2) is 24.2 Å². The topological polar surface area (TPSA) is 82.3 Å². The number of para-hydroxylation sites is 2. The van der Waals surface area contributed by atoms with Crippen LogP contribution in [0.3, 0.4) is 0 Å². The smallest absolute Gasteiger partial charge is 0.137 e. The summed E-state index contributed by atoms with van der Waals surface area (Å²) < 4.78 is 10.1. The van der Waals surface area contributed by atoms with Gasteiger partial charge in [-0.3, -0.25) is 0 Å². The second kappa shape index (κ2) is 17.6. The van der Waals surface area contributed by atoms with Crippen molar-refractivity contribution in [2.24, 2.45) is 0 Å². The largest absolute Gasteiger partial charge is 0.495 e. The first kappa shape index (κ1) is 37.0. The Morgan fingerprint density at radius 1 is 0.491 bits per heavy atom. The molecule has 0 aliphatic carbocycles. The molecule has 2 aromatic heterocycles. The molecular weight excluding hydrogens is 723 g/mol. The lowest BCUT2D eigenvalue weighted by atomic mass is 10.1. The Hall–Kier alpha value is -5.79. The standard InChI is InChI=1S/C22H17ClN2O.C15H10ClN.C7H8ClNO/c1-26-22-12-11-16(13-18(22)23)24-21-14-20(15-7-3-2-4-8-15)25-19-10-6-5-9-17(19)21;16-13-10-15(11-6-2-1-3-7-11)17-14-9-5-4-8-12(13)14;1-10-7-3-2-5(9)4-6(7)8/h2-14H,1H3,(H,24,25);1-10H;2-4H,9H2,1H3. The number of hydrogen-bond donors (Lipinski definition) is 2. The minimum Gasteiger partial charge on any atom is -0.495 e. The summed E-state index contributed by atoms with van der Waals surface area (Å²) in [6, 6.07) is 51.0. The number of fused-ring (bicyclic) bond motifs is 2. The lowest BCUT2D eigenvalue weighted by molar-refractivity contribution is 0.415. The number of nitrogens with zero attached hydrogens (tertiary/aromatic N) is 2. The van der Waals surface area contributed by atoms with Crippen molar-refractivity contribution in [3.05, 3.63) is 173 Å². The first-order chi connectivity index (χ1) is 25.8. The molecule has 0 saturated carbocycles. The van der Waals surface area contributed by atoms with Gasteiger partial charge in [-0.05, 0) is 60.7 Å². The third-order valence-electron chi connectivity index (χ3n) is 8.13. The number of anilines is 3. The highest BCUT2D eigenvalue weighted by molar-refractivity contribution is 6.35. The normalized spacial score (nSPS) is 10.4. The van der Waals surface area contributed by atoms with E-state index in [1.54, 1.807) is 32.4 Å². The van der Waals surface area contributed by atoms with Gasteiger partial charge in [0.25, 0.3) is 0 Å². The molecule has 8 rings (SSSR count). The Labute approximate surface area is 323 Å². The Bertz CT molecular complexity index is 2460. The predicted octanol–water partition coefficient (Wildman–Crippen LogP) is 12.8. The molecule has 0 unspecified atom stereocenters. The van der Waals surface area contributed by atoms with Crippen molar-refractivity contribution in [3.63, 3.8) is 0 Å². The molecule has 9 heteroatoms. The molecule has 0 radical (unpaired) electrons. The molecule has 0 bridgehead atoms. The number of halogens is 3. The molecule has 0 spiro atoms. The predicted molar refractivity (Wildman–Crippen MR) is 223 cm³/mol. The fourth-order valence-corrected chi connectivity index (χ4v) is 6.29.